The van der Waals surface area contributed by atoms with Crippen molar-refractivity contribution in [1.82, 2.24) is 24.1 Å². The highest BCUT2D eigenvalue weighted by Crippen LogP contribution is 2.60. The Bertz CT molecular complexity index is 1740. The topological polar surface area (TPSA) is 120 Å². The minimum atomic E-state index is -4.59. The second-order valence-electron chi connectivity index (χ2n) is 12.0. The lowest BCUT2D eigenvalue weighted by Crippen LogP contribution is -2.49. The van der Waals surface area contributed by atoms with Crippen molar-refractivity contribution in [2.24, 2.45) is 5.92 Å². The summed E-state index contributed by atoms with van der Waals surface area (Å²) in [5, 5.41) is 6.47. The summed E-state index contributed by atoms with van der Waals surface area (Å²) < 4.78 is 54.1. The van der Waals surface area contributed by atoms with Crippen LogP contribution < -0.4 is 10.9 Å². The number of benzene rings is 1. The number of alkyl halides is 3. The number of hydrogen-bond acceptors (Lipinski definition) is 7. The second-order valence-corrected chi connectivity index (χ2v) is 13.1. The number of nitrogens with one attached hydrogen (secondary N) is 1. The number of ether oxygens (including phenoxy) is 2. The van der Waals surface area contributed by atoms with E-state index in [0.29, 0.717) is 30.6 Å². The number of piperidine rings is 1. The molecule has 3 aromatic rings. The van der Waals surface area contributed by atoms with E-state index < -0.39 is 46.6 Å². The van der Waals surface area contributed by atoms with Gasteiger partial charge in [0.1, 0.15) is 17.7 Å². The summed E-state index contributed by atoms with van der Waals surface area (Å²) >= 11 is 9.26. The molecule has 0 bridgehead atoms. The van der Waals surface area contributed by atoms with Crippen molar-refractivity contribution in [1.29, 1.82) is 0 Å². The first-order valence-electron chi connectivity index (χ1n) is 13.5. The summed E-state index contributed by atoms with van der Waals surface area (Å²) in [4.78, 5) is 46.1. The first-order valence-corrected chi connectivity index (χ1v) is 14.7. The molecular formula is C27H27BrClF3N6O5. The first kappa shape index (κ1) is 29.9. The Morgan fingerprint density at radius 3 is 2.65 bits per heavy atom. The molecule has 16 heteroatoms. The van der Waals surface area contributed by atoms with Crippen molar-refractivity contribution in [2.75, 3.05) is 11.9 Å². The van der Waals surface area contributed by atoms with Crippen LogP contribution in [0.1, 0.15) is 63.5 Å². The quantitative estimate of drug-likeness (QED) is 0.398. The number of amides is 2. The Labute approximate surface area is 256 Å². The van der Waals surface area contributed by atoms with E-state index in [1.807, 2.05) is 0 Å². The maximum Gasteiger partial charge on any atom is 0.416 e. The molecule has 43 heavy (non-hydrogen) atoms. The molecule has 230 valence electrons. The second kappa shape index (κ2) is 9.92. The molecule has 11 nitrogen and oxygen atoms in total. The highest BCUT2D eigenvalue weighted by atomic mass is 79.9. The Hall–Kier alpha value is -3.17. The number of carbonyl (C=O) groups excluding carboxylic acids is 2. The lowest BCUT2D eigenvalue weighted by Gasteiger charge is -2.39. The van der Waals surface area contributed by atoms with Gasteiger partial charge in [-0.1, -0.05) is 11.6 Å². The van der Waals surface area contributed by atoms with Crippen molar-refractivity contribution in [3.63, 3.8) is 0 Å². The Balaban J connectivity index is 1.35. The number of fused-ring (bicyclic) bond motifs is 5. The summed E-state index contributed by atoms with van der Waals surface area (Å²) in [6, 6.07) is 2.45. The molecule has 3 aliphatic rings. The van der Waals surface area contributed by atoms with E-state index in [4.69, 9.17) is 21.1 Å². The predicted molar refractivity (Wildman–Crippen MR) is 151 cm³/mol. The lowest BCUT2D eigenvalue weighted by atomic mass is 9.84. The molecule has 1 aliphatic carbocycles. The molecule has 2 fully saturated rings. The molecule has 0 radical (unpaired) electrons. The van der Waals surface area contributed by atoms with Crippen molar-refractivity contribution in [3.05, 3.63) is 55.1 Å². The van der Waals surface area contributed by atoms with Gasteiger partial charge in [0.25, 0.3) is 5.56 Å². The van der Waals surface area contributed by atoms with E-state index in [0.717, 1.165) is 22.7 Å². The summed E-state index contributed by atoms with van der Waals surface area (Å²) in [5.41, 5.74) is -2.28. The van der Waals surface area contributed by atoms with Crippen molar-refractivity contribution >= 4 is 51.0 Å². The number of carbonyl (C=O) groups is 2. The van der Waals surface area contributed by atoms with E-state index in [-0.39, 0.29) is 39.7 Å². The normalized spacial score (nSPS) is 24.7. The van der Waals surface area contributed by atoms with Crippen LogP contribution >= 0.6 is 27.5 Å². The monoisotopic (exact) mass is 686 g/mol. The fourth-order valence-electron chi connectivity index (χ4n) is 6.25. The van der Waals surface area contributed by atoms with Gasteiger partial charge in [-0.3, -0.25) is 9.59 Å². The van der Waals surface area contributed by atoms with E-state index in [2.05, 4.69) is 31.3 Å². The molecule has 6 rings (SSSR count). The van der Waals surface area contributed by atoms with Crippen molar-refractivity contribution in [2.45, 2.75) is 76.6 Å². The van der Waals surface area contributed by atoms with Gasteiger partial charge >= 0.3 is 12.3 Å². The molecule has 4 heterocycles. The highest BCUT2D eigenvalue weighted by molar-refractivity contribution is 9.10. The molecule has 2 aliphatic heterocycles. The standard InChI is InChI=1S/C27H27BrClF3N6O5/c1-12-20-19(26(42-12)7-8-36(17-10-14(17)26)24(41)43-25(2,3)4)21(40)38-23(34-22(28)35-38)37(20)11-18(39)33-16-6-5-13(9-15(16)29)27(30,31)32/h5-6,9,12,14,17H,7-8,10-11H2,1-4H3,(H,33,39). The van der Waals surface area contributed by atoms with Crippen LogP contribution in [0.3, 0.4) is 0 Å². The van der Waals surface area contributed by atoms with Gasteiger partial charge in [-0.2, -0.15) is 22.7 Å². The molecular weight excluding hydrogens is 661 g/mol. The van der Waals surface area contributed by atoms with E-state index in [9.17, 15) is 27.6 Å². The average molecular weight is 688 g/mol. The SMILES string of the molecule is CC1OC2(CCN(C(=O)OC(C)(C)C)C3CC32)c2c1n(CC(=O)Nc1ccc(C(F)(F)F)cc1Cl)c1nc(Br)nn1c2=O. The minimum absolute atomic E-state index is 0.00729. The van der Waals surface area contributed by atoms with Crippen molar-refractivity contribution < 1.29 is 32.2 Å². The smallest absolute Gasteiger partial charge is 0.416 e. The van der Waals surface area contributed by atoms with Crippen LogP contribution in [0.4, 0.5) is 23.7 Å². The molecule has 2 aromatic heterocycles. The third-order valence-electron chi connectivity index (χ3n) is 7.93. The molecule has 2 amide bonds. The summed E-state index contributed by atoms with van der Waals surface area (Å²) in [6.45, 7) is 7.09. The van der Waals surface area contributed by atoms with Gasteiger partial charge in [0.2, 0.25) is 16.4 Å². The number of anilines is 1. The van der Waals surface area contributed by atoms with Gasteiger partial charge in [0, 0.05) is 18.5 Å². The Morgan fingerprint density at radius 2 is 2.00 bits per heavy atom. The number of hydrogen-bond donors (Lipinski definition) is 1. The van der Waals surface area contributed by atoms with Crippen LogP contribution in [0.5, 0.6) is 0 Å². The third-order valence-corrected chi connectivity index (χ3v) is 8.58. The lowest BCUT2D eigenvalue weighted by molar-refractivity contribution is -0.137. The summed E-state index contributed by atoms with van der Waals surface area (Å²) in [5.74, 6) is -0.719. The largest absolute Gasteiger partial charge is 0.444 e. The molecule has 4 atom stereocenters. The zero-order valence-electron chi connectivity index (χ0n) is 23.5. The number of likely N-dealkylation sites (tertiary alicyclic amines) is 1. The van der Waals surface area contributed by atoms with Crippen LogP contribution in [-0.2, 0) is 32.6 Å². The van der Waals surface area contributed by atoms with Crippen LogP contribution in [0, 0.1) is 5.92 Å². The van der Waals surface area contributed by atoms with Gasteiger partial charge in [0.05, 0.1) is 33.6 Å². The molecule has 1 saturated carbocycles. The Morgan fingerprint density at radius 1 is 1.28 bits per heavy atom. The predicted octanol–water partition coefficient (Wildman–Crippen LogP) is 5.28. The third kappa shape index (κ3) is 5.08. The number of aromatic nitrogens is 4. The van der Waals surface area contributed by atoms with Gasteiger partial charge in [-0.25, -0.2) is 4.79 Å². The number of nitrogens with zero attached hydrogens (tertiary/aromatic N) is 5. The Kier molecular flexibility index (Phi) is 6.90. The molecule has 1 aromatic carbocycles. The maximum atomic E-state index is 13.9. The fourth-order valence-corrected chi connectivity index (χ4v) is 6.80. The maximum absolute atomic E-state index is 13.9. The van der Waals surface area contributed by atoms with Gasteiger partial charge < -0.3 is 24.3 Å². The van der Waals surface area contributed by atoms with Crippen LogP contribution in [0.15, 0.2) is 27.7 Å². The van der Waals surface area contributed by atoms with E-state index in [1.165, 1.54) is 4.57 Å². The zero-order valence-corrected chi connectivity index (χ0v) is 25.8. The number of rotatable bonds is 3. The van der Waals surface area contributed by atoms with Crippen LogP contribution in [-0.4, -0.2) is 54.3 Å². The fraction of sp³-hybridized carbons (Fsp3) is 0.519. The first-order chi connectivity index (χ1) is 20.0. The van der Waals surface area contributed by atoms with Crippen molar-refractivity contribution in [3.8, 4) is 0 Å². The van der Waals surface area contributed by atoms with Gasteiger partial charge in [0.15, 0.2) is 0 Å². The summed E-state index contributed by atoms with van der Waals surface area (Å²) in [7, 11) is 0. The average Bonchev–Trinajstić information content (AvgIpc) is 3.51. The van der Waals surface area contributed by atoms with E-state index >= 15 is 0 Å². The number of halogens is 5. The molecule has 1 spiro atoms. The summed E-state index contributed by atoms with van der Waals surface area (Å²) in [6.07, 6.45) is -4.70. The van der Waals surface area contributed by atoms with Crippen LogP contribution in [0.2, 0.25) is 5.02 Å². The van der Waals surface area contributed by atoms with Gasteiger partial charge in [-0.15, -0.1) is 5.10 Å². The minimum Gasteiger partial charge on any atom is -0.444 e. The molecule has 1 saturated heterocycles. The molecule has 4 unspecified atom stereocenters. The zero-order chi connectivity index (χ0) is 31.2. The highest BCUT2D eigenvalue weighted by Gasteiger charge is 2.66. The molecule has 1 N–H and O–H groups in total. The van der Waals surface area contributed by atoms with E-state index in [1.54, 1.807) is 32.6 Å². The van der Waals surface area contributed by atoms with Gasteiger partial charge in [-0.05, 0) is 74.7 Å². The van der Waals surface area contributed by atoms with Crippen LogP contribution in [0.25, 0.3) is 5.78 Å².